The molecule has 0 aliphatic heterocycles. The lowest BCUT2D eigenvalue weighted by atomic mass is 10.0. The Labute approximate surface area is 457 Å². The fourth-order valence-electron chi connectivity index (χ4n) is 8.50. The summed E-state index contributed by atoms with van der Waals surface area (Å²) in [6.45, 7) is 4.13. The Kier molecular flexibility index (Phi) is 53.3. The zero-order valence-electron chi connectivity index (χ0n) is 48.8. The van der Waals surface area contributed by atoms with Crippen LogP contribution in [-0.2, 0) is 32.7 Å². The van der Waals surface area contributed by atoms with E-state index in [0.29, 0.717) is 17.4 Å². The SMILES string of the molecule is CC/C=C\C/C=C\C/C=C\C/C=C\CCCCCCCCCCC(=O)OC(COC(=O)CCCCCCCCCCCCCCCCCCC/C=C\C/C=C\CCCCCCC)COP(=O)([O-])OCC[N+](C)(C)C. The molecule has 0 amide bonds. The van der Waals surface area contributed by atoms with Crippen LogP contribution in [0.5, 0.6) is 0 Å². The molecular weight excluding hydrogens is 942 g/mol. The summed E-state index contributed by atoms with van der Waals surface area (Å²) >= 11 is 0. The first-order chi connectivity index (χ1) is 36.0. The second-order valence-corrected chi connectivity index (χ2v) is 23.1. The normalized spacial score (nSPS) is 13.8. The van der Waals surface area contributed by atoms with Gasteiger partial charge in [-0.05, 0) is 83.5 Å². The summed E-state index contributed by atoms with van der Waals surface area (Å²) in [7, 11) is 1.16. The number of carbonyl (C=O) groups is 2. The van der Waals surface area contributed by atoms with Crippen molar-refractivity contribution in [3.8, 4) is 0 Å². The topological polar surface area (TPSA) is 111 Å². The summed E-state index contributed by atoms with van der Waals surface area (Å²) in [6, 6.07) is 0. The lowest BCUT2D eigenvalue weighted by Crippen LogP contribution is -2.37. The second-order valence-electron chi connectivity index (χ2n) is 21.7. The van der Waals surface area contributed by atoms with E-state index in [2.05, 4.69) is 86.8 Å². The van der Waals surface area contributed by atoms with Gasteiger partial charge < -0.3 is 27.9 Å². The van der Waals surface area contributed by atoms with Gasteiger partial charge in [-0.1, -0.05) is 247 Å². The molecule has 0 aromatic carbocycles. The zero-order valence-corrected chi connectivity index (χ0v) is 49.7. The molecule has 0 radical (unpaired) electrons. The van der Waals surface area contributed by atoms with Crippen molar-refractivity contribution in [2.75, 3.05) is 47.5 Å². The van der Waals surface area contributed by atoms with Gasteiger partial charge in [0.25, 0.3) is 7.82 Å². The highest BCUT2D eigenvalue weighted by atomic mass is 31.2. The van der Waals surface area contributed by atoms with Gasteiger partial charge in [0, 0.05) is 12.8 Å². The van der Waals surface area contributed by atoms with Crippen LogP contribution in [0.3, 0.4) is 0 Å². The minimum atomic E-state index is -4.64. The first-order valence-electron chi connectivity index (χ1n) is 30.6. The predicted octanol–water partition coefficient (Wildman–Crippen LogP) is 18.6. The van der Waals surface area contributed by atoms with E-state index in [0.717, 1.165) is 77.0 Å². The van der Waals surface area contributed by atoms with Gasteiger partial charge >= 0.3 is 11.9 Å². The summed E-state index contributed by atoms with van der Waals surface area (Å²) in [6.07, 6.45) is 72.4. The Hall–Kier alpha value is -2.55. The minimum Gasteiger partial charge on any atom is -0.756 e. The number of ether oxygens (including phenoxy) is 2. The number of rotatable bonds is 56. The highest BCUT2D eigenvalue weighted by molar-refractivity contribution is 7.45. The molecule has 2 unspecified atom stereocenters. The van der Waals surface area contributed by atoms with Crippen molar-refractivity contribution in [2.45, 2.75) is 277 Å². The van der Waals surface area contributed by atoms with Gasteiger partial charge in [-0.2, -0.15) is 0 Å². The number of phosphoric acid groups is 1. The maximum Gasteiger partial charge on any atom is 0.306 e. The quantitative estimate of drug-likeness (QED) is 0.0195. The van der Waals surface area contributed by atoms with Crippen LogP contribution in [0.15, 0.2) is 72.9 Å². The van der Waals surface area contributed by atoms with E-state index in [-0.39, 0.29) is 32.0 Å². The minimum absolute atomic E-state index is 0.0344. The fraction of sp³-hybridized carbons (Fsp3) is 0.781. The highest BCUT2D eigenvalue weighted by Crippen LogP contribution is 2.38. The van der Waals surface area contributed by atoms with Crippen molar-refractivity contribution in [3.05, 3.63) is 72.9 Å². The number of quaternary nitrogens is 1. The predicted molar refractivity (Wildman–Crippen MR) is 314 cm³/mol. The summed E-state index contributed by atoms with van der Waals surface area (Å²) < 4.78 is 34.2. The van der Waals surface area contributed by atoms with Crippen molar-refractivity contribution >= 4 is 19.8 Å². The molecule has 9 nitrogen and oxygen atoms in total. The molecule has 0 aliphatic rings. The molecule has 0 saturated carbocycles. The maximum atomic E-state index is 12.8. The summed E-state index contributed by atoms with van der Waals surface area (Å²) in [5, 5.41) is 0. The van der Waals surface area contributed by atoms with Gasteiger partial charge in [-0.25, -0.2) is 0 Å². The molecular formula is C64H116NO8P. The third-order valence-electron chi connectivity index (χ3n) is 13.2. The Balaban J connectivity index is 4.10. The number of phosphoric ester groups is 1. The number of allylic oxidation sites excluding steroid dienone is 12. The first kappa shape index (κ1) is 71.5. The molecule has 0 N–H and O–H groups in total. The molecule has 10 heteroatoms. The summed E-state index contributed by atoms with van der Waals surface area (Å²) in [4.78, 5) is 37.9. The molecule has 0 bridgehead atoms. The van der Waals surface area contributed by atoms with Crippen LogP contribution in [0.4, 0.5) is 0 Å². The van der Waals surface area contributed by atoms with Gasteiger partial charge in [-0.15, -0.1) is 0 Å². The van der Waals surface area contributed by atoms with E-state index in [9.17, 15) is 19.0 Å². The number of nitrogens with zero attached hydrogens (tertiary/aromatic N) is 1. The van der Waals surface area contributed by atoms with Crippen LogP contribution in [-0.4, -0.2) is 70.0 Å². The van der Waals surface area contributed by atoms with Crippen molar-refractivity contribution in [1.82, 2.24) is 0 Å². The second kappa shape index (κ2) is 55.2. The van der Waals surface area contributed by atoms with E-state index in [4.69, 9.17) is 18.5 Å². The molecule has 0 rings (SSSR count). The van der Waals surface area contributed by atoms with Crippen LogP contribution in [0.1, 0.15) is 271 Å². The highest BCUT2D eigenvalue weighted by Gasteiger charge is 2.22. The lowest BCUT2D eigenvalue weighted by molar-refractivity contribution is -0.870. The van der Waals surface area contributed by atoms with Crippen molar-refractivity contribution < 1.29 is 42.1 Å². The van der Waals surface area contributed by atoms with E-state index in [1.807, 2.05) is 21.1 Å². The molecule has 0 aliphatic carbocycles. The van der Waals surface area contributed by atoms with E-state index >= 15 is 0 Å². The molecule has 430 valence electrons. The Bertz CT molecular complexity index is 1480. The van der Waals surface area contributed by atoms with Crippen molar-refractivity contribution in [1.29, 1.82) is 0 Å². The van der Waals surface area contributed by atoms with E-state index in [1.165, 1.54) is 161 Å². The Morgan fingerprint density at radius 3 is 1.15 bits per heavy atom. The van der Waals surface area contributed by atoms with E-state index in [1.54, 1.807) is 0 Å². The first-order valence-corrected chi connectivity index (χ1v) is 32.1. The number of hydrogen-bond donors (Lipinski definition) is 0. The lowest BCUT2D eigenvalue weighted by Gasteiger charge is -2.28. The largest absolute Gasteiger partial charge is 0.756 e. The van der Waals surface area contributed by atoms with Gasteiger partial charge in [0.05, 0.1) is 27.7 Å². The Morgan fingerprint density at radius 1 is 0.432 bits per heavy atom. The zero-order chi connectivity index (χ0) is 54.2. The number of hydrogen-bond acceptors (Lipinski definition) is 8. The smallest absolute Gasteiger partial charge is 0.306 e. The third-order valence-corrected chi connectivity index (χ3v) is 14.2. The monoisotopic (exact) mass is 1060 g/mol. The van der Waals surface area contributed by atoms with Gasteiger partial charge in [0.1, 0.15) is 19.8 Å². The molecule has 0 heterocycles. The number of esters is 2. The third kappa shape index (κ3) is 58.7. The van der Waals surface area contributed by atoms with Gasteiger partial charge in [-0.3, -0.25) is 14.2 Å². The molecule has 0 aromatic rings. The summed E-state index contributed by atoms with van der Waals surface area (Å²) in [5.74, 6) is -0.837. The number of likely N-dealkylation sites (N-methyl/N-ethyl adjacent to an activating group) is 1. The molecule has 0 aromatic heterocycles. The fourth-order valence-corrected chi connectivity index (χ4v) is 9.23. The van der Waals surface area contributed by atoms with Crippen LogP contribution < -0.4 is 4.89 Å². The standard InChI is InChI=1S/C64H116NO8P/c1-6-8-10-12-14-16-18-20-22-24-26-28-29-30-31-32-33-34-35-37-38-40-42-44-46-48-50-52-54-56-63(66)70-60-62(61-72-74(68,69)71-59-58-65(3,4)5)73-64(67)57-55-53-51-49-47-45-43-41-39-36-27-25-23-21-19-17-15-13-11-9-7-2/h9,11,15,17-18,20-21,23-24,26-27,36,62H,6-8,10,12-14,16,19,22,25,28-35,37-61H2,1-5H3/b11-9-,17-15-,20-18-,23-21-,26-24-,36-27-. The van der Waals surface area contributed by atoms with Crippen molar-refractivity contribution in [2.24, 2.45) is 0 Å². The molecule has 2 atom stereocenters. The number of unbranched alkanes of at least 4 members (excludes halogenated alkanes) is 30. The Morgan fingerprint density at radius 2 is 0.770 bits per heavy atom. The van der Waals surface area contributed by atoms with Gasteiger partial charge in [0.2, 0.25) is 0 Å². The summed E-state index contributed by atoms with van der Waals surface area (Å²) in [5.41, 5.74) is 0. The van der Waals surface area contributed by atoms with Crippen LogP contribution in [0.2, 0.25) is 0 Å². The van der Waals surface area contributed by atoms with Crippen LogP contribution in [0, 0.1) is 0 Å². The molecule has 0 spiro atoms. The van der Waals surface area contributed by atoms with Gasteiger partial charge in [0.15, 0.2) is 6.10 Å². The number of carbonyl (C=O) groups excluding carboxylic acids is 2. The maximum absolute atomic E-state index is 12.8. The van der Waals surface area contributed by atoms with Crippen molar-refractivity contribution in [3.63, 3.8) is 0 Å². The molecule has 74 heavy (non-hydrogen) atoms. The van der Waals surface area contributed by atoms with Crippen LogP contribution in [0.25, 0.3) is 0 Å². The average Bonchev–Trinajstić information content (AvgIpc) is 3.36. The van der Waals surface area contributed by atoms with E-state index < -0.39 is 26.5 Å². The van der Waals surface area contributed by atoms with Crippen LogP contribution >= 0.6 is 7.82 Å². The molecule has 0 fully saturated rings. The average molecular weight is 1060 g/mol. The molecule has 0 saturated heterocycles.